The molecule has 0 spiro atoms. The third kappa shape index (κ3) is 2.81. The fraction of sp³-hybridized carbons (Fsp3) is 0.714. The minimum atomic E-state index is 0.0715. The number of nitrogens with zero attached hydrogens (tertiary/aromatic N) is 2. The second kappa shape index (κ2) is 4.52. The third-order valence-corrected chi connectivity index (χ3v) is 2.67. The molecule has 1 aromatic rings. The van der Waals surface area contributed by atoms with Gasteiger partial charge in [0.15, 0.2) is 0 Å². The number of hydrogen-bond donors (Lipinski definition) is 0. The van der Waals surface area contributed by atoms with Crippen LogP contribution in [0.3, 0.4) is 0 Å². The van der Waals surface area contributed by atoms with Gasteiger partial charge in [-0.25, -0.2) is 0 Å². The van der Waals surface area contributed by atoms with E-state index in [1.807, 2.05) is 6.20 Å². The highest BCUT2D eigenvalue weighted by atomic mass is 14.8. The van der Waals surface area contributed by atoms with Crippen molar-refractivity contribution in [3.8, 4) is 0 Å². The van der Waals surface area contributed by atoms with Gasteiger partial charge >= 0.3 is 0 Å². The maximum atomic E-state index is 4.78. The minimum absolute atomic E-state index is 0.0715. The molecule has 0 aliphatic heterocycles. The van der Waals surface area contributed by atoms with Gasteiger partial charge in [0.05, 0.1) is 17.1 Å². The molecule has 90 valence electrons. The van der Waals surface area contributed by atoms with Crippen LogP contribution in [0.2, 0.25) is 0 Å². The Balaban J connectivity index is 3.31. The second-order valence-electron chi connectivity index (χ2n) is 6.09. The molecule has 0 radical (unpaired) electrons. The monoisotopic (exact) mass is 220 g/mol. The maximum Gasteiger partial charge on any atom is 0.0675 e. The molecule has 0 N–H and O–H groups in total. The molecule has 2 heteroatoms. The Labute approximate surface area is 99.5 Å². The number of aromatic nitrogens is 2. The molecule has 0 fully saturated rings. The van der Waals surface area contributed by atoms with Gasteiger partial charge in [0, 0.05) is 11.6 Å². The SMILES string of the molecule is CC(C)c1cnc(C(C)(C)C)c(C(C)C)n1. The Morgan fingerprint density at radius 2 is 1.56 bits per heavy atom. The van der Waals surface area contributed by atoms with Crippen LogP contribution in [0.1, 0.15) is 77.4 Å². The first-order valence-electron chi connectivity index (χ1n) is 6.10. The zero-order valence-electron chi connectivity index (χ0n) is 11.6. The van der Waals surface area contributed by atoms with Crippen LogP contribution in [-0.4, -0.2) is 9.97 Å². The lowest BCUT2D eigenvalue weighted by molar-refractivity contribution is 0.543. The van der Waals surface area contributed by atoms with Gasteiger partial charge in [-0.2, -0.15) is 0 Å². The average Bonchev–Trinajstić information content (AvgIpc) is 2.15. The molecule has 16 heavy (non-hydrogen) atoms. The quantitative estimate of drug-likeness (QED) is 0.752. The van der Waals surface area contributed by atoms with Crippen molar-refractivity contribution in [1.82, 2.24) is 9.97 Å². The van der Waals surface area contributed by atoms with Crippen molar-refractivity contribution in [1.29, 1.82) is 0 Å². The molecule has 0 atom stereocenters. The molecule has 0 aliphatic rings. The van der Waals surface area contributed by atoms with Gasteiger partial charge in [-0.3, -0.25) is 9.97 Å². The van der Waals surface area contributed by atoms with Crippen molar-refractivity contribution >= 4 is 0 Å². The van der Waals surface area contributed by atoms with Gasteiger partial charge in [-0.15, -0.1) is 0 Å². The summed E-state index contributed by atoms with van der Waals surface area (Å²) in [7, 11) is 0. The van der Waals surface area contributed by atoms with Gasteiger partial charge in [-0.1, -0.05) is 48.5 Å². The van der Waals surface area contributed by atoms with Crippen LogP contribution in [0.25, 0.3) is 0 Å². The van der Waals surface area contributed by atoms with Crippen LogP contribution in [-0.2, 0) is 5.41 Å². The molecule has 0 saturated heterocycles. The summed E-state index contributed by atoms with van der Waals surface area (Å²) < 4.78 is 0. The average molecular weight is 220 g/mol. The Morgan fingerprint density at radius 3 is 1.94 bits per heavy atom. The van der Waals surface area contributed by atoms with E-state index >= 15 is 0 Å². The van der Waals surface area contributed by atoms with Crippen LogP contribution in [0, 0.1) is 0 Å². The fourth-order valence-corrected chi connectivity index (χ4v) is 1.68. The van der Waals surface area contributed by atoms with Crippen LogP contribution >= 0.6 is 0 Å². The largest absolute Gasteiger partial charge is 0.257 e. The summed E-state index contributed by atoms with van der Waals surface area (Å²) in [4.78, 5) is 9.41. The summed E-state index contributed by atoms with van der Waals surface area (Å²) in [6, 6.07) is 0. The lowest BCUT2D eigenvalue weighted by Gasteiger charge is -2.23. The highest BCUT2D eigenvalue weighted by Crippen LogP contribution is 2.28. The van der Waals surface area contributed by atoms with Crippen molar-refractivity contribution in [2.45, 2.75) is 65.7 Å². The van der Waals surface area contributed by atoms with Crippen LogP contribution < -0.4 is 0 Å². The molecule has 0 aromatic carbocycles. The van der Waals surface area contributed by atoms with Crippen LogP contribution in [0.15, 0.2) is 6.20 Å². The molecular formula is C14H24N2. The van der Waals surface area contributed by atoms with E-state index in [1.165, 1.54) is 0 Å². The standard InChI is InChI=1S/C14H24N2/c1-9(2)11-8-15-13(14(5,6)7)12(16-11)10(3)4/h8-10H,1-7H3. The Bertz CT molecular complexity index is 359. The highest BCUT2D eigenvalue weighted by Gasteiger charge is 2.23. The van der Waals surface area contributed by atoms with E-state index in [0.717, 1.165) is 17.1 Å². The summed E-state index contributed by atoms with van der Waals surface area (Å²) in [6.07, 6.45) is 1.93. The predicted molar refractivity (Wildman–Crippen MR) is 68.9 cm³/mol. The molecular weight excluding hydrogens is 196 g/mol. The highest BCUT2D eigenvalue weighted by molar-refractivity contribution is 5.24. The molecule has 0 amide bonds. The Morgan fingerprint density at radius 1 is 1.00 bits per heavy atom. The van der Waals surface area contributed by atoms with E-state index in [1.54, 1.807) is 0 Å². The van der Waals surface area contributed by atoms with Gasteiger partial charge in [-0.05, 0) is 11.8 Å². The zero-order chi connectivity index (χ0) is 12.5. The summed E-state index contributed by atoms with van der Waals surface area (Å²) >= 11 is 0. The van der Waals surface area contributed by atoms with Gasteiger partial charge in [0.25, 0.3) is 0 Å². The predicted octanol–water partition coefficient (Wildman–Crippen LogP) is 4.02. The molecule has 1 heterocycles. The van der Waals surface area contributed by atoms with E-state index in [9.17, 15) is 0 Å². The third-order valence-electron chi connectivity index (χ3n) is 2.67. The summed E-state index contributed by atoms with van der Waals surface area (Å²) in [5.41, 5.74) is 3.45. The first kappa shape index (κ1) is 13.1. The summed E-state index contributed by atoms with van der Waals surface area (Å²) in [5.74, 6) is 0.874. The van der Waals surface area contributed by atoms with Crippen molar-refractivity contribution in [3.63, 3.8) is 0 Å². The molecule has 0 saturated carbocycles. The normalized spacial score (nSPS) is 12.6. The number of rotatable bonds is 2. The molecule has 0 aliphatic carbocycles. The first-order chi connectivity index (χ1) is 7.23. The smallest absolute Gasteiger partial charge is 0.0675 e. The van der Waals surface area contributed by atoms with E-state index in [4.69, 9.17) is 4.98 Å². The zero-order valence-corrected chi connectivity index (χ0v) is 11.6. The Hall–Kier alpha value is -0.920. The topological polar surface area (TPSA) is 25.8 Å². The minimum Gasteiger partial charge on any atom is -0.257 e. The van der Waals surface area contributed by atoms with Crippen molar-refractivity contribution in [3.05, 3.63) is 23.3 Å². The fourth-order valence-electron chi connectivity index (χ4n) is 1.68. The van der Waals surface area contributed by atoms with E-state index in [0.29, 0.717) is 11.8 Å². The first-order valence-corrected chi connectivity index (χ1v) is 6.10. The van der Waals surface area contributed by atoms with E-state index < -0.39 is 0 Å². The second-order valence-corrected chi connectivity index (χ2v) is 6.09. The van der Waals surface area contributed by atoms with Crippen molar-refractivity contribution in [2.24, 2.45) is 0 Å². The summed E-state index contributed by atoms with van der Waals surface area (Å²) in [5, 5.41) is 0. The van der Waals surface area contributed by atoms with Crippen LogP contribution in [0.5, 0.6) is 0 Å². The molecule has 0 bridgehead atoms. The van der Waals surface area contributed by atoms with Gasteiger partial charge in [0.1, 0.15) is 0 Å². The lowest BCUT2D eigenvalue weighted by atomic mass is 9.87. The molecule has 2 nitrogen and oxygen atoms in total. The van der Waals surface area contributed by atoms with Gasteiger partial charge in [0.2, 0.25) is 0 Å². The maximum absolute atomic E-state index is 4.78. The van der Waals surface area contributed by atoms with Crippen molar-refractivity contribution in [2.75, 3.05) is 0 Å². The van der Waals surface area contributed by atoms with Crippen LogP contribution in [0.4, 0.5) is 0 Å². The van der Waals surface area contributed by atoms with E-state index in [-0.39, 0.29) is 5.41 Å². The Kier molecular flexibility index (Phi) is 3.72. The summed E-state index contributed by atoms with van der Waals surface area (Å²) in [6.45, 7) is 15.3. The molecule has 1 rings (SSSR count). The molecule has 1 aromatic heterocycles. The van der Waals surface area contributed by atoms with Gasteiger partial charge < -0.3 is 0 Å². The lowest BCUT2D eigenvalue weighted by Crippen LogP contribution is -2.19. The van der Waals surface area contributed by atoms with Crippen molar-refractivity contribution < 1.29 is 0 Å². The van der Waals surface area contributed by atoms with E-state index in [2.05, 4.69) is 53.5 Å². The number of hydrogen-bond acceptors (Lipinski definition) is 2. The molecule has 0 unspecified atom stereocenters.